The molecule has 2 amide bonds. The lowest BCUT2D eigenvalue weighted by Crippen LogP contribution is -2.46. The summed E-state index contributed by atoms with van der Waals surface area (Å²) in [5, 5.41) is 2.48. The van der Waals surface area contributed by atoms with E-state index in [1.54, 1.807) is 6.08 Å². The van der Waals surface area contributed by atoms with Crippen LogP contribution in [0.25, 0.3) is 0 Å². The van der Waals surface area contributed by atoms with Crippen LogP contribution in [0, 0.1) is 0 Å². The molecular weight excluding hydrogens is 194 g/mol. The van der Waals surface area contributed by atoms with Gasteiger partial charge in [-0.05, 0) is 25.9 Å². The third-order valence-corrected chi connectivity index (χ3v) is 2.46. The second-order valence-corrected chi connectivity index (χ2v) is 3.61. The van der Waals surface area contributed by atoms with Gasteiger partial charge >= 0.3 is 0 Å². The van der Waals surface area contributed by atoms with E-state index in [0.717, 1.165) is 25.9 Å². The largest absolute Gasteiger partial charge is 0.368 e. The van der Waals surface area contributed by atoms with Crippen LogP contribution in [0.1, 0.15) is 12.8 Å². The van der Waals surface area contributed by atoms with Gasteiger partial charge in [-0.1, -0.05) is 6.08 Å². The van der Waals surface area contributed by atoms with Gasteiger partial charge in [-0.15, -0.1) is 6.58 Å². The number of hydrogen-bond acceptors (Lipinski definition) is 3. The average molecular weight is 211 g/mol. The van der Waals surface area contributed by atoms with E-state index in [1.807, 2.05) is 4.90 Å². The summed E-state index contributed by atoms with van der Waals surface area (Å²) in [5.41, 5.74) is 4.94. The van der Waals surface area contributed by atoms with Crippen molar-refractivity contribution in [2.24, 2.45) is 5.73 Å². The first-order valence-electron chi connectivity index (χ1n) is 5.07. The Bertz CT molecular complexity index is 259. The molecule has 1 rings (SSSR count). The maximum atomic E-state index is 11.6. The second kappa shape index (κ2) is 5.50. The first-order valence-corrected chi connectivity index (χ1v) is 5.07. The Kier molecular flexibility index (Phi) is 4.30. The summed E-state index contributed by atoms with van der Waals surface area (Å²) < 4.78 is 0. The molecule has 0 spiro atoms. The van der Waals surface area contributed by atoms with Gasteiger partial charge in [0.15, 0.2) is 0 Å². The summed E-state index contributed by atoms with van der Waals surface area (Å²) in [6.07, 6.45) is 3.81. The molecule has 0 aromatic carbocycles. The smallest absolute Gasteiger partial charge is 0.241 e. The molecule has 1 aliphatic rings. The Morgan fingerprint density at radius 2 is 2.07 bits per heavy atom. The predicted molar refractivity (Wildman–Crippen MR) is 57.0 cm³/mol. The molecule has 1 atom stereocenters. The molecule has 0 radical (unpaired) electrons. The van der Waals surface area contributed by atoms with E-state index in [4.69, 9.17) is 5.73 Å². The summed E-state index contributed by atoms with van der Waals surface area (Å²) in [6.45, 7) is 5.33. The third kappa shape index (κ3) is 3.36. The summed E-state index contributed by atoms with van der Waals surface area (Å²) in [5.74, 6) is -0.738. The Morgan fingerprint density at radius 1 is 1.47 bits per heavy atom. The molecule has 0 aliphatic carbocycles. The summed E-state index contributed by atoms with van der Waals surface area (Å²) >= 11 is 0. The van der Waals surface area contributed by atoms with E-state index >= 15 is 0 Å². The number of amides is 2. The van der Waals surface area contributed by atoms with E-state index in [0.29, 0.717) is 0 Å². The zero-order valence-electron chi connectivity index (χ0n) is 8.74. The monoisotopic (exact) mass is 211 g/mol. The van der Waals surface area contributed by atoms with E-state index < -0.39 is 5.91 Å². The zero-order chi connectivity index (χ0) is 11.3. The van der Waals surface area contributed by atoms with Gasteiger partial charge in [0.1, 0.15) is 6.04 Å². The molecule has 0 aromatic rings. The quantitative estimate of drug-likeness (QED) is 0.587. The Morgan fingerprint density at radius 3 is 2.53 bits per heavy atom. The number of carbonyl (C=O) groups is 2. The number of nitrogens with two attached hydrogens (primary N) is 1. The first-order chi connectivity index (χ1) is 7.15. The molecule has 1 saturated heterocycles. The van der Waals surface area contributed by atoms with E-state index in [9.17, 15) is 9.59 Å². The minimum Gasteiger partial charge on any atom is -0.368 e. The highest BCUT2D eigenvalue weighted by atomic mass is 16.2. The van der Waals surface area contributed by atoms with Crippen molar-refractivity contribution in [3.63, 3.8) is 0 Å². The fourth-order valence-corrected chi connectivity index (χ4v) is 1.72. The molecule has 1 aliphatic heterocycles. The van der Waals surface area contributed by atoms with Gasteiger partial charge in [-0.2, -0.15) is 0 Å². The minimum absolute atomic E-state index is 0.114. The number of hydrogen-bond donors (Lipinski definition) is 2. The predicted octanol–water partition coefficient (Wildman–Crippen LogP) is -0.762. The summed E-state index contributed by atoms with van der Waals surface area (Å²) in [7, 11) is 0. The van der Waals surface area contributed by atoms with Gasteiger partial charge in [0.2, 0.25) is 11.8 Å². The standard InChI is InChI=1S/C10H17N3O2/c1-2-8(13-5-3-4-6-13)10(15)12-7-9(11)14/h2,8H,1,3-7H2,(H2,11,14)(H,12,15). The lowest BCUT2D eigenvalue weighted by atomic mass is 10.2. The lowest BCUT2D eigenvalue weighted by Gasteiger charge is -2.23. The molecule has 5 nitrogen and oxygen atoms in total. The molecule has 15 heavy (non-hydrogen) atoms. The Balaban J connectivity index is 2.46. The van der Waals surface area contributed by atoms with Crippen LogP contribution in [0.5, 0.6) is 0 Å². The first kappa shape index (κ1) is 11.7. The Hall–Kier alpha value is -1.36. The van der Waals surface area contributed by atoms with Gasteiger partial charge in [-0.3, -0.25) is 14.5 Å². The molecule has 0 aromatic heterocycles. The molecule has 1 unspecified atom stereocenters. The van der Waals surface area contributed by atoms with Crippen LogP contribution < -0.4 is 11.1 Å². The molecule has 0 saturated carbocycles. The van der Waals surface area contributed by atoms with Crippen molar-refractivity contribution in [1.29, 1.82) is 0 Å². The zero-order valence-corrected chi connectivity index (χ0v) is 8.74. The fraction of sp³-hybridized carbons (Fsp3) is 0.600. The van der Waals surface area contributed by atoms with E-state index in [1.165, 1.54) is 0 Å². The second-order valence-electron chi connectivity index (χ2n) is 3.61. The number of nitrogens with one attached hydrogen (secondary N) is 1. The molecule has 5 heteroatoms. The Labute approximate surface area is 89.3 Å². The number of nitrogens with zero attached hydrogens (tertiary/aromatic N) is 1. The van der Waals surface area contributed by atoms with Crippen LogP contribution in [-0.4, -0.2) is 42.4 Å². The van der Waals surface area contributed by atoms with Crippen molar-refractivity contribution < 1.29 is 9.59 Å². The normalized spacial score (nSPS) is 18.4. The minimum atomic E-state index is -0.535. The third-order valence-electron chi connectivity index (χ3n) is 2.46. The van der Waals surface area contributed by atoms with Crippen LogP contribution in [0.3, 0.4) is 0 Å². The van der Waals surface area contributed by atoms with Crippen LogP contribution >= 0.6 is 0 Å². The summed E-state index contributed by atoms with van der Waals surface area (Å²) in [6, 6.07) is -0.341. The topological polar surface area (TPSA) is 75.4 Å². The molecule has 3 N–H and O–H groups in total. The van der Waals surface area contributed by atoms with Crippen molar-refractivity contribution in [2.45, 2.75) is 18.9 Å². The van der Waals surface area contributed by atoms with Crippen LogP contribution in [0.15, 0.2) is 12.7 Å². The van der Waals surface area contributed by atoms with Crippen molar-refractivity contribution in [1.82, 2.24) is 10.2 Å². The number of carbonyl (C=O) groups excluding carboxylic acids is 2. The van der Waals surface area contributed by atoms with Crippen molar-refractivity contribution in [3.8, 4) is 0 Å². The molecular formula is C10H17N3O2. The van der Waals surface area contributed by atoms with Crippen molar-refractivity contribution in [3.05, 3.63) is 12.7 Å². The van der Waals surface area contributed by atoms with Gasteiger partial charge in [-0.25, -0.2) is 0 Å². The maximum Gasteiger partial charge on any atom is 0.241 e. The van der Waals surface area contributed by atoms with E-state index in [-0.39, 0.29) is 18.5 Å². The van der Waals surface area contributed by atoms with E-state index in [2.05, 4.69) is 11.9 Å². The SMILES string of the molecule is C=CC(C(=O)NCC(N)=O)N1CCCC1. The van der Waals surface area contributed by atoms with Crippen LogP contribution in [0.4, 0.5) is 0 Å². The number of primary amides is 1. The van der Waals surface area contributed by atoms with Crippen molar-refractivity contribution >= 4 is 11.8 Å². The number of rotatable bonds is 5. The van der Waals surface area contributed by atoms with Crippen molar-refractivity contribution in [2.75, 3.05) is 19.6 Å². The molecule has 84 valence electrons. The van der Waals surface area contributed by atoms with Crippen LogP contribution in [0.2, 0.25) is 0 Å². The van der Waals surface area contributed by atoms with Gasteiger partial charge < -0.3 is 11.1 Å². The molecule has 1 fully saturated rings. The summed E-state index contributed by atoms with van der Waals surface area (Å²) in [4.78, 5) is 24.2. The molecule has 0 bridgehead atoms. The lowest BCUT2D eigenvalue weighted by molar-refractivity contribution is -0.127. The fourth-order valence-electron chi connectivity index (χ4n) is 1.72. The average Bonchev–Trinajstić information content (AvgIpc) is 2.69. The van der Waals surface area contributed by atoms with Gasteiger partial charge in [0, 0.05) is 0 Å². The number of likely N-dealkylation sites (tertiary alicyclic amines) is 1. The highest BCUT2D eigenvalue weighted by Gasteiger charge is 2.25. The van der Waals surface area contributed by atoms with Crippen LogP contribution in [-0.2, 0) is 9.59 Å². The molecule has 1 heterocycles. The maximum absolute atomic E-state index is 11.6. The highest BCUT2D eigenvalue weighted by Crippen LogP contribution is 2.12. The van der Waals surface area contributed by atoms with Gasteiger partial charge in [0.05, 0.1) is 6.54 Å². The van der Waals surface area contributed by atoms with Gasteiger partial charge in [0.25, 0.3) is 0 Å². The highest BCUT2D eigenvalue weighted by molar-refractivity contribution is 5.87.